The monoisotopic (exact) mass is 299 g/mol. The highest BCUT2D eigenvalue weighted by atomic mass is 19.1. The van der Waals surface area contributed by atoms with Gasteiger partial charge in [-0.05, 0) is 36.1 Å². The summed E-state index contributed by atoms with van der Waals surface area (Å²) in [6.07, 6.45) is 2.61. The molecule has 116 valence electrons. The number of hydrogen-bond acceptors (Lipinski definition) is 2. The summed E-state index contributed by atoms with van der Waals surface area (Å²) in [7, 11) is 0. The lowest BCUT2D eigenvalue weighted by Gasteiger charge is -2.25. The summed E-state index contributed by atoms with van der Waals surface area (Å²) >= 11 is 0. The number of benzene rings is 2. The van der Waals surface area contributed by atoms with Gasteiger partial charge in [-0.25, -0.2) is 4.39 Å². The molecule has 1 saturated heterocycles. The number of nitrogens with zero attached hydrogens (tertiary/aromatic N) is 1. The van der Waals surface area contributed by atoms with Crippen molar-refractivity contribution in [3.63, 3.8) is 0 Å². The molecule has 22 heavy (non-hydrogen) atoms. The van der Waals surface area contributed by atoms with E-state index < -0.39 is 0 Å². The number of ether oxygens (including phenoxy) is 1. The van der Waals surface area contributed by atoms with Crippen molar-refractivity contribution >= 4 is 0 Å². The van der Waals surface area contributed by atoms with Gasteiger partial charge in [-0.15, -0.1) is 0 Å². The predicted molar refractivity (Wildman–Crippen MR) is 85.9 cm³/mol. The summed E-state index contributed by atoms with van der Waals surface area (Å²) < 4.78 is 18.8. The Morgan fingerprint density at radius 1 is 0.955 bits per heavy atom. The van der Waals surface area contributed by atoms with Crippen molar-refractivity contribution in [2.24, 2.45) is 0 Å². The van der Waals surface area contributed by atoms with Crippen LogP contribution in [0.4, 0.5) is 4.39 Å². The van der Waals surface area contributed by atoms with Crippen LogP contribution < -0.4 is 0 Å². The second kappa shape index (κ2) is 7.52. The maximum atomic E-state index is 13.1. The molecule has 1 atom stereocenters. The van der Waals surface area contributed by atoms with E-state index in [-0.39, 0.29) is 5.82 Å². The van der Waals surface area contributed by atoms with E-state index in [0.29, 0.717) is 6.10 Å². The summed E-state index contributed by atoms with van der Waals surface area (Å²) in [5, 5.41) is 0. The summed E-state index contributed by atoms with van der Waals surface area (Å²) in [6, 6.07) is 17.2. The van der Waals surface area contributed by atoms with Crippen LogP contribution in [-0.2, 0) is 17.8 Å². The summed E-state index contributed by atoms with van der Waals surface area (Å²) in [5.74, 6) is -0.183. The molecule has 3 rings (SSSR count). The van der Waals surface area contributed by atoms with E-state index in [1.807, 2.05) is 18.2 Å². The van der Waals surface area contributed by atoms with Crippen LogP contribution in [0.1, 0.15) is 24.0 Å². The van der Waals surface area contributed by atoms with Gasteiger partial charge in [0.1, 0.15) is 5.82 Å². The van der Waals surface area contributed by atoms with Crippen molar-refractivity contribution in [1.82, 2.24) is 4.90 Å². The van der Waals surface area contributed by atoms with Gasteiger partial charge in [0, 0.05) is 26.2 Å². The third kappa shape index (κ3) is 4.39. The predicted octanol–water partition coefficient (Wildman–Crippen LogP) is 4.01. The quantitative estimate of drug-likeness (QED) is 0.799. The molecule has 2 nitrogen and oxygen atoms in total. The third-order valence-corrected chi connectivity index (χ3v) is 4.05. The minimum absolute atomic E-state index is 0.183. The molecule has 1 aliphatic heterocycles. The fraction of sp³-hybridized carbons (Fsp3) is 0.368. The van der Waals surface area contributed by atoms with Gasteiger partial charge in [0.2, 0.25) is 0 Å². The lowest BCUT2D eigenvalue weighted by Crippen LogP contribution is -2.31. The first-order chi connectivity index (χ1) is 10.8. The molecule has 0 radical (unpaired) electrons. The number of hydrogen-bond donors (Lipinski definition) is 0. The smallest absolute Gasteiger partial charge is 0.123 e. The van der Waals surface area contributed by atoms with Gasteiger partial charge in [-0.3, -0.25) is 4.90 Å². The molecule has 0 spiro atoms. The standard InChI is InChI=1S/C19H22FNO/c20-18-10-8-17(9-11-18)14-21(15-19-7-4-12-22-19)13-16-5-2-1-3-6-16/h1-3,5-6,8-11,19H,4,7,12-15H2. The Balaban J connectivity index is 1.68. The van der Waals surface area contributed by atoms with E-state index in [2.05, 4.69) is 29.2 Å². The van der Waals surface area contributed by atoms with Gasteiger partial charge < -0.3 is 4.74 Å². The zero-order chi connectivity index (χ0) is 15.2. The molecule has 0 amide bonds. The molecule has 3 heteroatoms. The highest BCUT2D eigenvalue weighted by Crippen LogP contribution is 2.17. The van der Waals surface area contributed by atoms with Crippen molar-refractivity contribution in [2.45, 2.75) is 32.0 Å². The van der Waals surface area contributed by atoms with Gasteiger partial charge in [0.25, 0.3) is 0 Å². The first-order valence-electron chi connectivity index (χ1n) is 7.92. The highest BCUT2D eigenvalue weighted by molar-refractivity contribution is 5.17. The molecule has 1 fully saturated rings. The second-order valence-corrected chi connectivity index (χ2v) is 5.92. The average molecular weight is 299 g/mol. The Labute approximate surface area is 131 Å². The largest absolute Gasteiger partial charge is 0.377 e. The van der Waals surface area contributed by atoms with E-state index >= 15 is 0 Å². The molecule has 0 aliphatic carbocycles. The van der Waals surface area contributed by atoms with Crippen LogP contribution in [0, 0.1) is 5.82 Å². The van der Waals surface area contributed by atoms with Gasteiger partial charge in [-0.2, -0.15) is 0 Å². The van der Waals surface area contributed by atoms with Crippen molar-refractivity contribution < 1.29 is 9.13 Å². The van der Waals surface area contributed by atoms with E-state index in [1.54, 1.807) is 0 Å². The molecule has 0 bridgehead atoms. The van der Waals surface area contributed by atoms with Crippen molar-refractivity contribution in [1.29, 1.82) is 0 Å². The van der Waals surface area contributed by atoms with Crippen molar-refractivity contribution in [3.05, 3.63) is 71.5 Å². The van der Waals surface area contributed by atoms with Crippen LogP contribution in [0.25, 0.3) is 0 Å². The SMILES string of the molecule is Fc1ccc(CN(Cc2ccccc2)CC2CCCO2)cc1. The Kier molecular flexibility index (Phi) is 5.20. The van der Waals surface area contributed by atoms with Crippen molar-refractivity contribution in [2.75, 3.05) is 13.2 Å². The maximum Gasteiger partial charge on any atom is 0.123 e. The number of halogens is 1. The Morgan fingerprint density at radius 2 is 1.64 bits per heavy atom. The normalized spacial score (nSPS) is 18.0. The third-order valence-electron chi connectivity index (χ3n) is 4.05. The van der Waals surface area contributed by atoms with E-state index in [4.69, 9.17) is 4.74 Å². The molecule has 2 aromatic rings. The first kappa shape index (κ1) is 15.2. The molecule has 0 saturated carbocycles. The molecule has 0 N–H and O–H groups in total. The highest BCUT2D eigenvalue weighted by Gasteiger charge is 2.19. The minimum atomic E-state index is -0.183. The van der Waals surface area contributed by atoms with E-state index in [9.17, 15) is 4.39 Å². The van der Waals surface area contributed by atoms with Crippen LogP contribution >= 0.6 is 0 Å². The average Bonchev–Trinajstić information content (AvgIpc) is 3.03. The van der Waals surface area contributed by atoms with Gasteiger partial charge >= 0.3 is 0 Å². The molecular formula is C19H22FNO. The fourth-order valence-corrected chi connectivity index (χ4v) is 2.95. The Morgan fingerprint density at radius 3 is 2.27 bits per heavy atom. The van der Waals surface area contributed by atoms with E-state index in [0.717, 1.165) is 44.6 Å². The zero-order valence-corrected chi connectivity index (χ0v) is 12.7. The molecule has 2 aromatic carbocycles. The fourth-order valence-electron chi connectivity index (χ4n) is 2.95. The summed E-state index contributed by atoms with van der Waals surface area (Å²) in [4.78, 5) is 2.39. The van der Waals surface area contributed by atoms with E-state index in [1.165, 1.54) is 17.7 Å². The molecular weight excluding hydrogens is 277 g/mol. The van der Waals surface area contributed by atoms with Crippen molar-refractivity contribution in [3.8, 4) is 0 Å². The van der Waals surface area contributed by atoms with Crippen LogP contribution in [0.15, 0.2) is 54.6 Å². The molecule has 1 heterocycles. The lowest BCUT2D eigenvalue weighted by atomic mass is 10.1. The first-order valence-corrected chi connectivity index (χ1v) is 7.92. The molecule has 0 aromatic heterocycles. The number of rotatable bonds is 6. The minimum Gasteiger partial charge on any atom is -0.377 e. The second-order valence-electron chi connectivity index (χ2n) is 5.92. The van der Waals surface area contributed by atoms with Gasteiger partial charge in [0.15, 0.2) is 0 Å². The van der Waals surface area contributed by atoms with Gasteiger partial charge in [-0.1, -0.05) is 42.5 Å². The Bertz CT molecular complexity index is 564. The molecule has 1 aliphatic rings. The Hall–Kier alpha value is -1.71. The topological polar surface area (TPSA) is 12.5 Å². The summed E-state index contributed by atoms with van der Waals surface area (Å²) in [6.45, 7) is 3.50. The summed E-state index contributed by atoms with van der Waals surface area (Å²) in [5.41, 5.74) is 2.43. The van der Waals surface area contributed by atoms with Crippen LogP contribution in [0.5, 0.6) is 0 Å². The zero-order valence-electron chi connectivity index (χ0n) is 12.7. The lowest BCUT2D eigenvalue weighted by molar-refractivity contribution is 0.0679. The van der Waals surface area contributed by atoms with Crippen LogP contribution in [0.2, 0.25) is 0 Å². The maximum absolute atomic E-state index is 13.1. The molecule has 1 unspecified atom stereocenters. The van der Waals surface area contributed by atoms with Gasteiger partial charge in [0.05, 0.1) is 6.10 Å². The van der Waals surface area contributed by atoms with Crippen LogP contribution in [-0.4, -0.2) is 24.2 Å². The van der Waals surface area contributed by atoms with Crippen LogP contribution in [0.3, 0.4) is 0 Å².